The summed E-state index contributed by atoms with van der Waals surface area (Å²) in [5.74, 6) is 1.45. The Labute approximate surface area is 221 Å². The first kappa shape index (κ1) is 26.9. The summed E-state index contributed by atoms with van der Waals surface area (Å²) < 4.78 is 29.1. The van der Waals surface area contributed by atoms with Crippen LogP contribution in [0.15, 0.2) is 90.5 Å². The minimum Gasteiger partial charge on any atom is -0.467 e. The Morgan fingerprint density at radius 1 is 0.838 bits per heavy atom. The summed E-state index contributed by atoms with van der Waals surface area (Å²) in [5.41, 5.74) is 4.71. The van der Waals surface area contributed by atoms with Crippen LogP contribution in [0.25, 0.3) is 0 Å². The van der Waals surface area contributed by atoms with Gasteiger partial charge in [0.15, 0.2) is 13.6 Å². The molecule has 1 fully saturated rings. The number of ether oxygens (including phenoxy) is 5. The lowest BCUT2D eigenvalue weighted by Gasteiger charge is -2.14. The van der Waals surface area contributed by atoms with Crippen molar-refractivity contribution in [2.45, 2.75) is 65.0 Å². The van der Waals surface area contributed by atoms with Crippen molar-refractivity contribution >= 4 is 0 Å². The molecule has 0 saturated carbocycles. The smallest absolute Gasteiger partial charge is 0.189 e. The van der Waals surface area contributed by atoms with E-state index in [1.807, 2.05) is 72.8 Å². The molecule has 1 atom stereocenters. The summed E-state index contributed by atoms with van der Waals surface area (Å²) in [6.07, 6.45) is 5.51. The Morgan fingerprint density at radius 2 is 1.43 bits per heavy atom. The molecule has 5 heteroatoms. The second kappa shape index (κ2) is 13.4. The molecule has 1 saturated heterocycles. The Hall–Kier alpha value is -3.12. The van der Waals surface area contributed by atoms with Crippen molar-refractivity contribution in [3.8, 4) is 11.5 Å². The number of benzene rings is 3. The second-order valence-corrected chi connectivity index (χ2v) is 9.97. The molecule has 5 nitrogen and oxygen atoms in total. The van der Waals surface area contributed by atoms with Crippen molar-refractivity contribution in [1.82, 2.24) is 0 Å². The first-order valence-corrected chi connectivity index (χ1v) is 12.9. The summed E-state index contributed by atoms with van der Waals surface area (Å²) >= 11 is 0. The van der Waals surface area contributed by atoms with Crippen LogP contribution < -0.4 is 9.47 Å². The molecule has 196 valence electrons. The van der Waals surface area contributed by atoms with Crippen LogP contribution in [0, 0.1) is 0 Å². The van der Waals surface area contributed by atoms with E-state index < -0.39 is 0 Å². The minimum atomic E-state index is 0.0433. The molecule has 0 bridgehead atoms. The van der Waals surface area contributed by atoms with E-state index in [-0.39, 0.29) is 19.2 Å². The standard InChI is InChI=1S/C32H38O5/c1-25(15-19-31-32(2,3)37-31)14-16-28-17-18-29(35-23-33-21-26-10-6-4-7-11-26)20-30(28)36-24-34-22-27-12-8-5-9-13-27/h4-14,17-18,20,31H,15-16,19,21-24H2,1-3H3/b25-14+. The van der Waals surface area contributed by atoms with Crippen LogP contribution in [0.2, 0.25) is 0 Å². The molecule has 0 aromatic heterocycles. The van der Waals surface area contributed by atoms with Crippen LogP contribution in [0.4, 0.5) is 0 Å². The molecule has 1 unspecified atom stereocenters. The fourth-order valence-electron chi connectivity index (χ4n) is 4.09. The molecular weight excluding hydrogens is 464 g/mol. The summed E-state index contributed by atoms with van der Waals surface area (Å²) in [5, 5.41) is 0. The molecule has 4 rings (SSSR count). The topological polar surface area (TPSA) is 49.5 Å². The van der Waals surface area contributed by atoms with Crippen LogP contribution in [-0.2, 0) is 33.8 Å². The maximum atomic E-state index is 6.05. The van der Waals surface area contributed by atoms with Crippen LogP contribution >= 0.6 is 0 Å². The largest absolute Gasteiger partial charge is 0.467 e. The van der Waals surface area contributed by atoms with Gasteiger partial charge < -0.3 is 23.7 Å². The number of rotatable bonds is 15. The molecule has 0 radical (unpaired) electrons. The molecule has 0 spiro atoms. The van der Waals surface area contributed by atoms with Crippen LogP contribution in [0.5, 0.6) is 11.5 Å². The third-order valence-corrected chi connectivity index (χ3v) is 6.50. The van der Waals surface area contributed by atoms with Gasteiger partial charge >= 0.3 is 0 Å². The van der Waals surface area contributed by atoms with E-state index in [2.05, 4.69) is 32.9 Å². The SMILES string of the molecule is C/C(=C\Cc1ccc(OCOCc2ccccc2)cc1OCOCc1ccccc1)CCC1OC1(C)C. The van der Waals surface area contributed by atoms with Gasteiger partial charge in [-0.25, -0.2) is 0 Å². The highest BCUT2D eigenvalue weighted by molar-refractivity contribution is 5.42. The van der Waals surface area contributed by atoms with Gasteiger partial charge in [-0.1, -0.05) is 78.4 Å². The highest BCUT2D eigenvalue weighted by Gasteiger charge is 2.46. The van der Waals surface area contributed by atoms with Crippen molar-refractivity contribution < 1.29 is 23.7 Å². The van der Waals surface area contributed by atoms with E-state index >= 15 is 0 Å². The van der Waals surface area contributed by atoms with Crippen molar-refractivity contribution in [3.05, 3.63) is 107 Å². The monoisotopic (exact) mass is 502 g/mol. The summed E-state index contributed by atoms with van der Waals surface area (Å²) in [7, 11) is 0. The number of epoxide rings is 1. The van der Waals surface area contributed by atoms with E-state index in [9.17, 15) is 0 Å². The predicted octanol–water partition coefficient (Wildman–Crippen LogP) is 7.24. The van der Waals surface area contributed by atoms with Gasteiger partial charge in [0.25, 0.3) is 0 Å². The first-order chi connectivity index (χ1) is 18.0. The van der Waals surface area contributed by atoms with Gasteiger partial charge in [-0.2, -0.15) is 0 Å². The molecule has 1 aliphatic rings. The van der Waals surface area contributed by atoms with E-state index in [0.29, 0.717) is 25.1 Å². The number of hydrogen-bond donors (Lipinski definition) is 0. The Morgan fingerprint density at radius 3 is 2.03 bits per heavy atom. The Bertz CT molecular complexity index is 1120. The fourth-order valence-corrected chi connectivity index (χ4v) is 4.09. The highest BCUT2D eigenvalue weighted by Crippen LogP contribution is 2.39. The molecule has 3 aromatic rings. The van der Waals surface area contributed by atoms with Crippen LogP contribution in [-0.4, -0.2) is 25.3 Å². The second-order valence-electron chi connectivity index (χ2n) is 9.97. The third kappa shape index (κ3) is 9.04. The molecule has 1 heterocycles. The van der Waals surface area contributed by atoms with E-state index in [1.54, 1.807) is 0 Å². The predicted molar refractivity (Wildman–Crippen MR) is 146 cm³/mol. The average molecular weight is 503 g/mol. The van der Waals surface area contributed by atoms with Crippen molar-refractivity contribution in [1.29, 1.82) is 0 Å². The van der Waals surface area contributed by atoms with Crippen LogP contribution in [0.1, 0.15) is 50.3 Å². The third-order valence-electron chi connectivity index (χ3n) is 6.50. The van der Waals surface area contributed by atoms with Crippen LogP contribution in [0.3, 0.4) is 0 Å². The van der Waals surface area contributed by atoms with Gasteiger partial charge in [0.2, 0.25) is 0 Å². The molecule has 1 aliphatic heterocycles. The summed E-state index contributed by atoms with van der Waals surface area (Å²) in [6.45, 7) is 7.80. The van der Waals surface area contributed by atoms with Crippen molar-refractivity contribution in [2.24, 2.45) is 0 Å². The maximum absolute atomic E-state index is 6.05. The summed E-state index contributed by atoms with van der Waals surface area (Å²) in [6, 6.07) is 26.1. The van der Waals surface area contributed by atoms with Gasteiger partial charge in [0.05, 0.1) is 24.9 Å². The number of allylic oxidation sites excluding steroid dienone is 2. The molecule has 0 N–H and O–H groups in total. The van der Waals surface area contributed by atoms with Gasteiger partial charge in [-0.15, -0.1) is 0 Å². The van der Waals surface area contributed by atoms with Gasteiger partial charge in [0.1, 0.15) is 11.5 Å². The fraction of sp³-hybridized carbons (Fsp3) is 0.375. The van der Waals surface area contributed by atoms with Gasteiger partial charge in [-0.3, -0.25) is 0 Å². The van der Waals surface area contributed by atoms with Gasteiger partial charge in [0, 0.05) is 6.07 Å². The van der Waals surface area contributed by atoms with Crippen molar-refractivity contribution in [2.75, 3.05) is 13.6 Å². The summed E-state index contributed by atoms with van der Waals surface area (Å²) in [4.78, 5) is 0. The first-order valence-electron chi connectivity index (χ1n) is 12.9. The molecule has 0 amide bonds. The highest BCUT2D eigenvalue weighted by atomic mass is 16.7. The quantitative estimate of drug-likeness (QED) is 0.0949. The van der Waals surface area contributed by atoms with E-state index in [4.69, 9.17) is 23.7 Å². The lowest BCUT2D eigenvalue weighted by molar-refractivity contribution is 0.000844. The molecule has 3 aromatic carbocycles. The Kier molecular flexibility index (Phi) is 9.78. The Balaban J connectivity index is 1.31. The number of hydrogen-bond acceptors (Lipinski definition) is 5. The minimum absolute atomic E-state index is 0.0433. The zero-order chi connectivity index (χ0) is 25.9. The van der Waals surface area contributed by atoms with Gasteiger partial charge in [-0.05, 0) is 62.8 Å². The van der Waals surface area contributed by atoms with E-state index in [1.165, 1.54) is 5.57 Å². The maximum Gasteiger partial charge on any atom is 0.189 e. The normalized spacial score (nSPS) is 16.4. The average Bonchev–Trinajstić information content (AvgIpc) is 3.54. The lowest BCUT2D eigenvalue weighted by atomic mass is 10.0. The lowest BCUT2D eigenvalue weighted by Crippen LogP contribution is -2.06. The zero-order valence-corrected chi connectivity index (χ0v) is 22.2. The molecule has 0 aliphatic carbocycles. The van der Waals surface area contributed by atoms with E-state index in [0.717, 1.165) is 41.7 Å². The zero-order valence-electron chi connectivity index (χ0n) is 22.2. The molecular formula is C32H38O5. The molecule has 37 heavy (non-hydrogen) atoms. The van der Waals surface area contributed by atoms with Crippen molar-refractivity contribution in [3.63, 3.8) is 0 Å².